The maximum absolute atomic E-state index is 13.5. The van der Waals surface area contributed by atoms with Gasteiger partial charge in [0, 0.05) is 5.56 Å². The van der Waals surface area contributed by atoms with Gasteiger partial charge in [0.25, 0.3) is 0 Å². The van der Waals surface area contributed by atoms with Gasteiger partial charge in [0.2, 0.25) is 0 Å². The standard InChI is InChI=1S/C16H21FO2/c1-19-15-7-6-13(17)9-14(15)16(18)8-2-3-12(10-16)11-4-5-11/h6-7,9,11-12,18H,2-5,8,10H2,1H3. The molecule has 2 saturated carbocycles. The maximum Gasteiger partial charge on any atom is 0.125 e. The zero-order valence-electron chi connectivity index (χ0n) is 11.4. The molecule has 2 aliphatic carbocycles. The third-order valence-corrected chi connectivity index (χ3v) is 4.72. The second-order valence-electron chi connectivity index (χ2n) is 6.07. The first kappa shape index (κ1) is 12.9. The van der Waals surface area contributed by atoms with Crippen molar-refractivity contribution in [2.75, 3.05) is 7.11 Å². The predicted octanol–water partition coefficient (Wildman–Crippen LogP) is 3.62. The van der Waals surface area contributed by atoms with Crippen molar-refractivity contribution in [3.8, 4) is 5.75 Å². The highest BCUT2D eigenvalue weighted by Gasteiger charge is 2.43. The molecule has 2 nitrogen and oxygen atoms in total. The van der Waals surface area contributed by atoms with Crippen LogP contribution in [0.5, 0.6) is 5.75 Å². The van der Waals surface area contributed by atoms with Crippen molar-refractivity contribution in [3.05, 3.63) is 29.6 Å². The lowest BCUT2D eigenvalue weighted by Gasteiger charge is -2.38. The maximum atomic E-state index is 13.5. The Hall–Kier alpha value is -1.09. The van der Waals surface area contributed by atoms with Crippen LogP contribution in [-0.4, -0.2) is 12.2 Å². The topological polar surface area (TPSA) is 29.5 Å². The molecular weight excluding hydrogens is 243 g/mol. The average Bonchev–Trinajstić information content (AvgIpc) is 3.23. The fourth-order valence-electron chi connectivity index (χ4n) is 3.55. The zero-order valence-corrected chi connectivity index (χ0v) is 11.4. The van der Waals surface area contributed by atoms with Crippen LogP contribution in [0.1, 0.15) is 44.1 Å². The van der Waals surface area contributed by atoms with Crippen LogP contribution in [0, 0.1) is 17.7 Å². The Morgan fingerprint density at radius 2 is 2.05 bits per heavy atom. The molecule has 0 spiro atoms. The quantitative estimate of drug-likeness (QED) is 0.903. The Bertz CT molecular complexity index is 470. The van der Waals surface area contributed by atoms with Crippen molar-refractivity contribution in [2.24, 2.45) is 11.8 Å². The van der Waals surface area contributed by atoms with E-state index in [1.807, 2.05) is 0 Å². The van der Waals surface area contributed by atoms with Crippen molar-refractivity contribution < 1.29 is 14.2 Å². The lowest BCUT2D eigenvalue weighted by molar-refractivity contribution is -0.0269. The Morgan fingerprint density at radius 3 is 2.74 bits per heavy atom. The highest BCUT2D eigenvalue weighted by Crippen LogP contribution is 2.50. The summed E-state index contributed by atoms with van der Waals surface area (Å²) in [5.41, 5.74) is -0.292. The van der Waals surface area contributed by atoms with Gasteiger partial charge < -0.3 is 9.84 Å². The minimum atomic E-state index is -0.918. The third kappa shape index (κ3) is 2.48. The predicted molar refractivity (Wildman–Crippen MR) is 71.5 cm³/mol. The zero-order chi connectivity index (χ0) is 13.5. The Labute approximate surface area is 113 Å². The summed E-state index contributed by atoms with van der Waals surface area (Å²) in [4.78, 5) is 0. The van der Waals surface area contributed by atoms with E-state index in [0.717, 1.165) is 18.8 Å². The van der Waals surface area contributed by atoms with E-state index in [4.69, 9.17) is 4.74 Å². The number of hydrogen-bond acceptors (Lipinski definition) is 2. The molecule has 2 unspecified atom stereocenters. The van der Waals surface area contributed by atoms with Gasteiger partial charge in [-0.1, -0.05) is 0 Å². The van der Waals surface area contributed by atoms with Gasteiger partial charge in [-0.25, -0.2) is 4.39 Å². The molecular formula is C16H21FO2. The van der Waals surface area contributed by atoms with Gasteiger partial charge in [0.1, 0.15) is 11.6 Å². The van der Waals surface area contributed by atoms with Crippen molar-refractivity contribution in [1.82, 2.24) is 0 Å². The molecule has 19 heavy (non-hydrogen) atoms. The van der Waals surface area contributed by atoms with E-state index in [-0.39, 0.29) is 5.82 Å². The summed E-state index contributed by atoms with van der Waals surface area (Å²) in [6, 6.07) is 4.43. The van der Waals surface area contributed by atoms with Crippen LogP contribution in [0.4, 0.5) is 4.39 Å². The molecule has 3 rings (SSSR count). The van der Waals surface area contributed by atoms with E-state index in [2.05, 4.69) is 0 Å². The van der Waals surface area contributed by atoms with Gasteiger partial charge in [-0.3, -0.25) is 0 Å². The van der Waals surface area contributed by atoms with Crippen LogP contribution in [0.25, 0.3) is 0 Å². The molecule has 0 heterocycles. The van der Waals surface area contributed by atoms with Crippen LogP contribution >= 0.6 is 0 Å². The van der Waals surface area contributed by atoms with E-state index in [1.54, 1.807) is 13.2 Å². The van der Waals surface area contributed by atoms with Crippen LogP contribution in [0.15, 0.2) is 18.2 Å². The summed E-state index contributed by atoms with van der Waals surface area (Å²) < 4.78 is 18.8. The van der Waals surface area contributed by atoms with Gasteiger partial charge >= 0.3 is 0 Å². The largest absolute Gasteiger partial charge is 0.496 e. The normalized spacial score (nSPS) is 31.2. The third-order valence-electron chi connectivity index (χ3n) is 4.72. The second-order valence-corrected chi connectivity index (χ2v) is 6.07. The Morgan fingerprint density at radius 1 is 1.26 bits per heavy atom. The summed E-state index contributed by atoms with van der Waals surface area (Å²) in [5.74, 6) is 1.66. The van der Waals surface area contributed by atoms with Gasteiger partial charge in [-0.05, 0) is 68.6 Å². The number of methoxy groups -OCH3 is 1. The number of ether oxygens (including phenoxy) is 1. The number of hydrogen-bond donors (Lipinski definition) is 1. The van der Waals surface area contributed by atoms with Crippen LogP contribution in [0.3, 0.4) is 0 Å². The number of aliphatic hydroxyl groups is 1. The van der Waals surface area contributed by atoms with E-state index in [9.17, 15) is 9.50 Å². The molecule has 2 fully saturated rings. The van der Waals surface area contributed by atoms with E-state index in [0.29, 0.717) is 23.7 Å². The SMILES string of the molecule is COc1ccc(F)cc1C1(O)CCCC(C2CC2)C1. The molecule has 0 amide bonds. The molecule has 2 atom stereocenters. The molecule has 104 valence electrons. The molecule has 0 bridgehead atoms. The summed E-state index contributed by atoms with van der Waals surface area (Å²) in [5, 5.41) is 11.0. The molecule has 2 aliphatic rings. The molecule has 0 aliphatic heterocycles. The smallest absolute Gasteiger partial charge is 0.125 e. The van der Waals surface area contributed by atoms with Crippen LogP contribution in [-0.2, 0) is 5.60 Å². The second kappa shape index (κ2) is 4.78. The fraction of sp³-hybridized carbons (Fsp3) is 0.625. The van der Waals surface area contributed by atoms with E-state index in [1.165, 1.54) is 31.4 Å². The van der Waals surface area contributed by atoms with E-state index < -0.39 is 5.60 Å². The van der Waals surface area contributed by atoms with Gasteiger partial charge in [0.05, 0.1) is 12.7 Å². The molecule has 0 radical (unpaired) electrons. The summed E-state index contributed by atoms with van der Waals surface area (Å²) in [6.45, 7) is 0. The van der Waals surface area contributed by atoms with Crippen LogP contribution in [0.2, 0.25) is 0 Å². The first-order valence-electron chi connectivity index (χ1n) is 7.19. The van der Waals surface area contributed by atoms with Crippen molar-refractivity contribution in [2.45, 2.75) is 44.1 Å². The minimum Gasteiger partial charge on any atom is -0.496 e. The Kier molecular flexibility index (Phi) is 3.25. The summed E-state index contributed by atoms with van der Waals surface area (Å²) in [6.07, 6.45) is 6.25. The minimum absolute atomic E-state index is 0.308. The summed E-state index contributed by atoms with van der Waals surface area (Å²) in [7, 11) is 1.57. The number of rotatable bonds is 3. The highest BCUT2D eigenvalue weighted by molar-refractivity contribution is 5.39. The van der Waals surface area contributed by atoms with Gasteiger partial charge in [-0.2, -0.15) is 0 Å². The molecule has 1 aromatic carbocycles. The van der Waals surface area contributed by atoms with Crippen molar-refractivity contribution in [1.29, 1.82) is 0 Å². The number of benzene rings is 1. The monoisotopic (exact) mass is 264 g/mol. The first-order valence-corrected chi connectivity index (χ1v) is 7.19. The number of halogens is 1. The van der Waals surface area contributed by atoms with Crippen molar-refractivity contribution in [3.63, 3.8) is 0 Å². The summed E-state index contributed by atoms with van der Waals surface area (Å²) >= 11 is 0. The van der Waals surface area contributed by atoms with E-state index >= 15 is 0 Å². The molecule has 0 aromatic heterocycles. The van der Waals surface area contributed by atoms with Crippen molar-refractivity contribution >= 4 is 0 Å². The fourth-order valence-corrected chi connectivity index (χ4v) is 3.55. The molecule has 1 N–H and O–H groups in total. The first-order chi connectivity index (χ1) is 9.12. The molecule has 1 aromatic rings. The molecule has 3 heteroatoms. The lowest BCUT2D eigenvalue weighted by Crippen LogP contribution is -2.34. The van der Waals surface area contributed by atoms with Gasteiger partial charge in [-0.15, -0.1) is 0 Å². The Balaban J connectivity index is 1.91. The molecule has 0 saturated heterocycles. The lowest BCUT2D eigenvalue weighted by atomic mass is 9.72. The average molecular weight is 264 g/mol. The van der Waals surface area contributed by atoms with Crippen LogP contribution < -0.4 is 4.74 Å². The van der Waals surface area contributed by atoms with Gasteiger partial charge in [0.15, 0.2) is 0 Å². The highest BCUT2D eigenvalue weighted by atomic mass is 19.1.